The number of rotatable bonds is 1. The number of amides is 1. The highest BCUT2D eigenvalue weighted by Gasteiger charge is 2.24. The van der Waals surface area contributed by atoms with Gasteiger partial charge in [0.1, 0.15) is 5.75 Å². The van der Waals surface area contributed by atoms with E-state index in [1.165, 1.54) is 56.5 Å². The largest absolute Gasteiger partial charge is 0.479 e. The van der Waals surface area contributed by atoms with Crippen molar-refractivity contribution in [2.75, 3.05) is 5.32 Å². The molecule has 2 aliphatic carbocycles. The van der Waals surface area contributed by atoms with Crippen molar-refractivity contribution in [2.24, 2.45) is 0 Å². The molecule has 1 aliphatic heterocycles. The van der Waals surface area contributed by atoms with E-state index < -0.39 is 6.10 Å². The van der Waals surface area contributed by atoms with E-state index >= 15 is 0 Å². The Hall–Kier alpha value is -4.45. The summed E-state index contributed by atoms with van der Waals surface area (Å²) in [6, 6.07) is 21.0. The van der Waals surface area contributed by atoms with Gasteiger partial charge in [-0.2, -0.15) is 5.10 Å². The number of anilines is 1. The third-order valence-corrected chi connectivity index (χ3v) is 7.42. The number of hydrogen-bond donors (Lipinski definition) is 2. The maximum Gasteiger partial charge on any atom is 0.265 e. The van der Waals surface area contributed by atoms with E-state index in [1.807, 2.05) is 13.0 Å². The summed E-state index contributed by atoms with van der Waals surface area (Å²) in [6.45, 7) is 3.59. The van der Waals surface area contributed by atoms with Crippen LogP contribution in [0.15, 0.2) is 71.7 Å². The third kappa shape index (κ3) is 4.43. The van der Waals surface area contributed by atoms with E-state index in [9.17, 15) is 9.59 Å². The number of aryl methyl sites for hydroxylation is 1. The Morgan fingerprint density at radius 3 is 2.58 bits per heavy atom. The zero-order valence-electron chi connectivity index (χ0n) is 21.5. The van der Waals surface area contributed by atoms with E-state index in [4.69, 9.17) is 4.74 Å². The van der Waals surface area contributed by atoms with Gasteiger partial charge in [-0.05, 0) is 100 Å². The van der Waals surface area contributed by atoms with Crippen LogP contribution in [0.4, 0.5) is 5.69 Å². The molecule has 3 aliphatic rings. The Kier molecular flexibility index (Phi) is 6.16. The van der Waals surface area contributed by atoms with Gasteiger partial charge in [0, 0.05) is 6.07 Å². The molecule has 2 heterocycles. The van der Waals surface area contributed by atoms with Crippen LogP contribution in [0.3, 0.4) is 0 Å². The van der Waals surface area contributed by atoms with Crippen LogP contribution < -0.4 is 26.1 Å². The van der Waals surface area contributed by atoms with Gasteiger partial charge in [0.25, 0.3) is 11.5 Å². The van der Waals surface area contributed by atoms with Crippen molar-refractivity contribution < 1.29 is 9.53 Å². The number of benzene rings is 3. The predicted octanol–water partition coefficient (Wildman–Crippen LogP) is 3.64. The van der Waals surface area contributed by atoms with Crippen LogP contribution in [-0.4, -0.2) is 22.2 Å². The minimum Gasteiger partial charge on any atom is -0.479 e. The molecule has 0 bridgehead atoms. The van der Waals surface area contributed by atoms with Gasteiger partial charge >= 0.3 is 0 Å². The summed E-state index contributed by atoms with van der Waals surface area (Å²) >= 11 is 0. The predicted molar refractivity (Wildman–Crippen MR) is 148 cm³/mol. The monoisotopic (exact) mass is 503 g/mol. The van der Waals surface area contributed by atoms with Crippen LogP contribution in [-0.2, 0) is 17.6 Å². The molecule has 7 rings (SSSR count). The quantitative estimate of drug-likeness (QED) is 0.416. The first-order chi connectivity index (χ1) is 18.5. The van der Waals surface area contributed by atoms with E-state index in [2.05, 4.69) is 70.1 Å². The normalized spacial score (nSPS) is 16.7. The molecule has 0 fully saturated rings. The molecule has 2 N–H and O–H groups in total. The average molecular weight is 504 g/mol. The van der Waals surface area contributed by atoms with Crippen molar-refractivity contribution >= 4 is 23.2 Å². The Bertz CT molecular complexity index is 1860. The van der Waals surface area contributed by atoms with E-state index in [0.717, 1.165) is 35.4 Å². The number of carbonyl (C=O) groups excluding carboxylic acids is 1. The number of carbonyl (C=O) groups is 1. The number of H-pyrrole nitrogens is 1. The molecule has 190 valence electrons. The fourth-order valence-corrected chi connectivity index (χ4v) is 5.57. The summed E-state index contributed by atoms with van der Waals surface area (Å²) < 4.78 is 5.76. The molecule has 0 saturated carbocycles. The highest BCUT2D eigenvalue weighted by atomic mass is 16.5. The maximum absolute atomic E-state index is 12.1. The number of nitrogens with zero attached hydrogens (tertiary/aromatic N) is 1. The van der Waals surface area contributed by atoms with E-state index in [1.54, 1.807) is 13.1 Å². The number of hydrogen-bond acceptors (Lipinski definition) is 4. The number of ether oxygens (including phenoxy) is 1. The van der Waals surface area contributed by atoms with Gasteiger partial charge in [0.15, 0.2) is 6.10 Å². The molecule has 4 aromatic rings. The highest BCUT2D eigenvalue weighted by molar-refractivity contribution is 5.98. The summed E-state index contributed by atoms with van der Waals surface area (Å²) in [5.41, 5.74) is 6.92. The van der Waals surface area contributed by atoms with Crippen molar-refractivity contribution in [2.45, 2.75) is 45.6 Å². The van der Waals surface area contributed by atoms with Crippen LogP contribution in [0.5, 0.6) is 5.75 Å². The lowest BCUT2D eigenvalue weighted by Crippen LogP contribution is -2.34. The zero-order valence-corrected chi connectivity index (χ0v) is 21.5. The SMILES string of the molecule is CC1Oc2ccc(C3=c4ccccc4=c4ccc5c(c4C3)CCCC=5)cc2NC1=O.Cc1cn[nH]c(=O)c1. The van der Waals surface area contributed by atoms with Gasteiger partial charge in [-0.1, -0.05) is 48.5 Å². The average Bonchev–Trinajstić information content (AvgIpc) is 2.93. The van der Waals surface area contributed by atoms with Crippen molar-refractivity contribution in [1.82, 2.24) is 10.2 Å². The van der Waals surface area contributed by atoms with Crippen LogP contribution in [0.2, 0.25) is 0 Å². The summed E-state index contributed by atoms with van der Waals surface area (Å²) in [5, 5.41) is 14.2. The van der Waals surface area contributed by atoms with Crippen LogP contribution in [0, 0.1) is 17.4 Å². The van der Waals surface area contributed by atoms with Crippen LogP contribution in [0.25, 0.3) is 11.6 Å². The summed E-state index contributed by atoms with van der Waals surface area (Å²) in [5.74, 6) is 0.645. The summed E-state index contributed by atoms with van der Waals surface area (Å²) in [4.78, 5) is 22.5. The van der Waals surface area contributed by atoms with Crippen molar-refractivity contribution in [3.8, 4) is 5.75 Å². The van der Waals surface area contributed by atoms with Gasteiger partial charge in [-0.15, -0.1) is 0 Å². The fourth-order valence-electron chi connectivity index (χ4n) is 5.57. The molecule has 3 aromatic carbocycles. The van der Waals surface area contributed by atoms with Gasteiger partial charge in [0.05, 0.1) is 11.9 Å². The lowest BCUT2D eigenvalue weighted by molar-refractivity contribution is -0.122. The molecule has 0 radical (unpaired) electrons. The lowest BCUT2D eigenvalue weighted by atomic mass is 9.84. The van der Waals surface area contributed by atoms with Crippen molar-refractivity contribution in [1.29, 1.82) is 0 Å². The molecule has 1 amide bonds. The van der Waals surface area contributed by atoms with Crippen LogP contribution >= 0.6 is 0 Å². The highest BCUT2D eigenvalue weighted by Crippen LogP contribution is 2.34. The smallest absolute Gasteiger partial charge is 0.265 e. The van der Waals surface area contributed by atoms with Gasteiger partial charge in [-0.25, -0.2) is 5.10 Å². The molecule has 6 nitrogen and oxygen atoms in total. The fraction of sp³-hybridized carbons (Fsp3) is 0.219. The molecule has 1 atom stereocenters. The Labute approximate surface area is 220 Å². The molecular formula is C32H29N3O3. The number of nitrogens with one attached hydrogen (secondary N) is 2. The van der Waals surface area contributed by atoms with Gasteiger partial charge in [0.2, 0.25) is 0 Å². The lowest BCUT2D eigenvalue weighted by Gasteiger charge is -2.25. The Balaban J connectivity index is 0.000000285. The van der Waals surface area contributed by atoms with E-state index in [-0.39, 0.29) is 11.5 Å². The number of aromatic nitrogens is 2. The Morgan fingerprint density at radius 2 is 1.79 bits per heavy atom. The third-order valence-electron chi connectivity index (χ3n) is 7.42. The summed E-state index contributed by atoms with van der Waals surface area (Å²) in [7, 11) is 0. The second-order valence-electron chi connectivity index (χ2n) is 10.0. The molecule has 1 aromatic heterocycles. The molecule has 38 heavy (non-hydrogen) atoms. The Morgan fingerprint density at radius 1 is 0.947 bits per heavy atom. The van der Waals surface area contributed by atoms with Crippen molar-refractivity contribution in [3.63, 3.8) is 0 Å². The zero-order chi connectivity index (χ0) is 26.2. The van der Waals surface area contributed by atoms with Gasteiger partial charge < -0.3 is 10.1 Å². The first-order valence-corrected chi connectivity index (χ1v) is 13.0. The van der Waals surface area contributed by atoms with Crippen LogP contribution in [0.1, 0.15) is 42.0 Å². The molecule has 0 spiro atoms. The topological polar surface area (TPSA) is 84.1 Å². The first kappa shape index (κ1) is 23.9. The number of aromatic amines is 1. The van der Waals surface area contributed by atoms with Gasteiger partial charge in [-0.3, -0.25) is 9.59 Å². The van der Waals surface area contributed by atoms with E-state index in [0.29, 0.717) is 0 Å². The minimum atomic E-state index is -0.457. The second-order valence-corrected chi connectivity index (χ2v) is 10.0. The van der Waals surface area contributed by atoms with Crippen molar-refractivity contribution in [3.05, 3.63) is 120 Å². The minimum absolute atomic E-state index is 0.0938. The molecule has 0 saturated heterocycles. The maximum atomic E-state index is 12.1. The standard InChI is InChI=1S/C27H23NO2.C5H6N2O/c1-16-27(29)28-25-14-18(11-13-26(25)30-16)23-15-24-19-7-3-2-6-17(19)10-12-22(24)20-8-4-5-9-21(20)23;1-4-2-5(8)7-6-3-4/h4-6,8-14,16H,2-3,7,15H2,1H3,(H,28,29);2-3H,1H3,(H,7,8). The first-order valence-electron chi connectivity index (χ1n) is 13.0. The molecular weight excluding hydrogens is 474 g/mol. The summed E-state index contributed by atoms with van der Waals surface area (Å²) in [6.07, 6.45) is 7.97. The molecule has 1 unspecified atom stereocenters. The molecule has 6 heteroatoms. The number of fused-ring (bicyclic) bond motifs is 5. The second kappa shape index (κ2) is 9.78.